The molecule has 9 heteroatoms. The Kier molecular flexibility index (Phi) is 12.8. The fourth-order valence-corrected chi connectivity index (χ4v) is 4.20. The number of hydrogen-bond acceptors (Lipinski definition) is 8. The number of rotatable bonds is 13. The van der Waals surface area contributed by atoms with Crippen LogP contribution in [-0.2, 0) is 14.4 Å². The molecule has 3 atom stereocenters. The molecule has 0 amide bonds. The Labute approximate surface area is 275 Å². The molecule has 248 valence electrons. The zero-order chi connectivity index (χ0) is 34.8. The molecule has 0 saturated carbocycles. The molecule has 0 spiro atoms. The lowest BCUT2D eigenvalue weighted by Crippen LogP contribution is -2.16. The van der Waals surface area contributed by atoms with Gasteiger partial charge in [-0.05, 0) is 86.6 Å². The molecule has 8 nitrogen and oxygen atoms in total. The van der Waals surface area contributed by atoms with Crippen LogP contribution in [-0.4, -0.2) is 29.3 Å². The van der Waals surface area contributed by atoms with Crippen LogP contribution in [0.2, 0.25) is 0 Å². The highest BCUT2D eigenvalue weighted by Gasteiger charge is 2.21. The Morgan fingerprint density at radius 1 is 0.787 bits per heavy atom. The van der Waals surface area contributed by atoms with E-state index in [1.807, 2.05) is 6.08 Å². The number of allylic oxidation sites excluding steroid dienone is 4. The van der Waals surface area contributed by atoms with Crippen LogP contribution in [0, 0.1) is 17.8 Å². The molecule has 0 radical (unpaired) electrons. The average molecular weight is 645 g/mol. The third-order valence-corrected chi connectivity index (χ3v) is 6.88. The summed E-state index contributed by atoms with van der Waals surface area (Å²) in [4.78, 5) is 36.4. The maximum absolute atomic E-state index is 15.3. The zero-order valence-corrected chi connectivity index (χ0v) is 27.4. The molecular weight excluding hydrogens is 603 g/mol. The first-order chi connectivity index (χ1) is 22.1. The molecule has 0 aliphatic heterocycles. The molecule has 2 aromatic rings. The first-order valence-electron chi connectivity index (χ1n) is 15.1. The van der Waals surface area contributed by atoms with Gasteiger partial charge in [0, 0.05) is 29.2 Å². The Hall–Kier alpha value is -5.02. The molecule has 1 N–H and O–H groups in total. The summed E-state index contributed by atoms with van der Waals surface area (Å²) in [7, 11) is 0. The van der Waals surface area contributed by atoms with E-state index in [1.165, 1.54) is 26.0 Å². The molecule has 2 unspecified atom stereocenters. The van der Waals surface area contributed by atoms with Crippen LogP contribution < -0.4 is 18.9 Å². The molecule has 0 aromatic heterocycles. The van der Waals surface area contributed by atoms with Gasteiger partial charge >= 0.3 is 17.9 Å². The first kappa shape index (κ1) is 36.4. The summed E-state index contributed by atoms with van der Waals surface area (Å²) in [5.74, 6) is -2.25. The minimum atomic E-state index is -1.25. The number of aliphatic hydroxyl groups is 1. The van der Waals surface area contributed by atoms with Gasteiger partial charge in [0.05, 0.1) is 5.92 Å². The first-order valence-corrected chi connectivity index (χ1v) is 15.1. The fourth-order valence-electron chi connectivity index (χ4n) is 4.20. The van der Waals surface area contributed by atoms with E-state index in [0.717, 1.165) is 0 Å². The van der Waals surface area contributed by atoms with Crippen LogP contribution in [0.4, 0.5) is 4.39 Å². The number of halogens is 1. The molecule has 1 aliphatic carbocycles. The van der Waals surface area contributed by atoms with Gasteiger partial charge in [-0.2, -0.15) is 0 Å². The van der Waals surface area contributed by atoms with Gasteiger partial charge < -0.3 is 24.1 Å². The van der Waals surface area contributed by atoms with E-state index >= 15 is 4.39 Å². The Morgan fingerprint density at radius 3 is 1.77 bits per heavy atom. The number of benzene rings is 2. The van der Waals surface area contributed by atoms with Crippen molar-refractivity contribution >= 4 is 30.1 Å². The summed E-state index contributed by atoms with van der Waals surface area (Å²) in [6.07, 6.45) is 8.47. The number of carbonyl (C=O) groups is 3. The van der Waals surface area contributed by atoms with Gasteiger partial charge in [-0.3, -0.25) is 4.79 Å². The summed E-state index contributed by atoms with van der Waals surface area (Å²) < 4.78 is 37.0. The van der Waals surface area contributed by atoms with E-state index in [-0.39, 0.29) is 51.8 Å². The fraction of sp³-hybridized carbons (Fsp3) is 0.289. The molecule has 0 bridgehead atoms. The van der Waals surface area contributed by atoms with E-state index in [0.29, 0.717) is 29.5 Å². The minimum Gasteiger partial charge on any atom is -0.461 e. The average Bonchev–Trinajstić information content (AvgIpc) is 2.99. The number of hydrogen-bond donors (Lipinski definition) is 1. The van der Waals surface area contributed by atoms with E-state index in [4.69, 9.17) is 18.9 Å². The van der Waals surface area contributed by atoms with Crippen molar-refractivity contribution in [3.8, 4) is 23.0 Å². The Bertz CT molecular complexity index is 1640. The van der Waals surface area contributed by atoms with Crippen LogP contribution in [0.25, 0.3) is 12.2 Å². The van der Waals surface area contributed by atoms with Gasteiger partial charge in [0.15, 0.2) is 0 Å². The summed E-state index contributed by atoms with van der Waals surface area (Å²) in [6, 6.07) is 9.40. The number of esters is 3. The maximum atomic E-state index is 15.3. The van der Waals surface area contributed by atoms with Crippen LogP contribution in [0.15, 0.2) is 96.9 Å². The maximum Gasteiger partial charge on any atom is 0.338 e. The Balaban J connectivity index is 1.80. The Morgan fingerprint density at radius 2 is 1.28 bits per heavy atom. The smallest absolute Gasteiger partial charge is 0.338 e. The minimum absolute atomic E-state index is 0.165. The van der Waals surface area contributed by atoms with Crippen LogP contribution in [0.1, 0.15) is 58.6 Å². The SMILES string of the molecule is C=C(C)C(=O)Oc1cc(/C=C/C2CCC(/C=C/c3cc(OC(=O)C(=C)C)cc(O[C@H](O)C(=C)C)c3)C=C2F)cc(OC(=O)C(C)C)c1. The lowest BCUT2D eigenvalue weighted by Gasteiger charge is -2.21. The van der Waals surface area contributed by atoms with Gasteiger partial charge in [0.2, 0.25) is 6.29 Å². The van der Waals surface area contributed by atoms with Crippen molar-refractivity contribution in [3.63, 3.8) is 0 Å². The zero-order valence-electron chi connectivity index (χ0n) is 27.4. The number of carbonyl (C=O) groups excluding carboxylic acids is 3. The monoisotopic (exact) mass is 644 g/mol. The van der Waals surface area contributed by atoms with Gasteiger partial charge in [0.1, 0.15) is 28.8 Å². The van der Waals surface area contributed by atoms with Gasteiger partial charge in [-0.15, -0.1) is 0 Å². The second kappa shape index (κ2) is 16.5. The van der Waals surface area contributed by atoms with E-state index in [2.05, 4.69) is 19.7 Å². The molecular formula is C38H41FO8. The molecule has 0 heterocycles. The van der Waals surface area contributed by atoms with Crippen LogP contribution >= 0.6 is 0 Å². The number of ether oxygens (including phenoxy) is 4. The van der Waals surface area contributed by atoms with E-state index < -0.39 is 30.1 Å². The molecule has 0 fully saturated rings. The third kappa shape index (κ3) is 11.4. The molecule has 3 rings (SSSR count). The molecule has 0 saturated heterocycles. The normalized spacial score (nSPS) is 16.8. The lowest BCUT2D eigenvalue weighted by atomic mass is 9.86. The van der Waals surface area contributed by atoms with Crippen molar-refractivity contribution in [1.82, 2.24) is 0 Å². The topological polar surface area (TPSA) is 108 Å². The van der Waals surface area contributed by atoms with E-state index in [1.54, 1.807) is 69.3 Å². The van der Waals surface area contributed by atoms with E-state index in [9.17, 15) is 19.5 Å². The highest BCUT2D eigenvalue weighted by atomic mass is 19.1. The van der Waals surface area contributed by atoms with Crippen LogP contribution in [0.5, 0.6) is 23.0 Å². The number of aliphatic hydroxyl groups excluding tert-OH is 1. The second-order valence-corrected chi connectivity index (χ2v) is 11.8. The summed E-state index contributed by atoms with van der Waals surface area (Å²) in [6.45, 7) is 18.9. The van der Waals surface area contributed by atoms with Crippen molar-refractivity contribution in [3.05, 3.63) is 108 Å². The second-order valence-electron chi connectivity index (χ2n) is 11.8. The highest BCUT2D eigenvalue weighted by Crippen LogP contribution is 2.34. The van der Waals surface area contributed by atoms with Crippen molar-refractivity contribution in [2.24, 2.45) is 17.8 Å². The van der Waals surface area contributed by atoms with Gasteiger partial charge in [-0.1, -0.05) is 57.9 Å². The molecule has 47 heavy (non-hydrogen) atoms. The lowest BCUT2D eigenvalue weighted by molar-refractivity contribution is -0.137. The van der Waals surface area contributed by atoms with Gasteiger partial charge in [-0.25, -0.2) is 14.0 Å². The van der Waals surface area contributed by atoms with Crippen molar-refractivity contribution in [2.75, 3.05) is 0 Å². The quantitative estimate of drug-likeness (QED) is 0.0767. The van der Waals surface area contributed by atoms with Crippen LogP contribution in [0.3, 0.4) is 0 Å². The van der Waals surface area contributed by atoms with Crippen molar-refractivity contribution < 1.29 is 42.8 Å². The predicted octanol–water partition coefficient (Wildman–Crippen LogP) is 8.09. The highest BCUT2D eigenvalue weighted by molar-refractivity contribution is 5.89. The summed E-state index contributed by atoms with van der Waals surface area (Å²) in [5, 5.41) is 10.1. The van der Waals surface area contributed by atoms with Crippen molar-refractivity contribution in [2.45, 2.75) is 53.8 Å². The molecule has 2 aromatic carbocycles. The third-order valence-electron chi connectivity index (χ3n) is 6.88. The predicted molar refractivity (Wildman–Crippen MR) is 179 cm³/mol. The summed E-state index contributed by atoms with van der Waals surface area (Å²) in [5.41, 5.74) is 1.99. The molecule has 1 aliphatic rings. The van der Waals surface area contributed by atoms with Gasteiger partial charge in [0.25, 0.3) is 0 Å². The largest absolute Gasteiger partial charge is 0.461 e. The van der Waals surface area contributed by atoms with Crippen molar-refractivity contribution in [1.29, 1.82) is 0 Å². The summed E-state index contributed by atoms with van der Waals surface area (Å²) >= 11 is 0. The standard InChI is InChI=1S/C38H41FO8/c1-22(2)35(40)44-30-15-27(16-31(20-30)45-36(41)23(3)4)10-9-26-11-13-29(34(39)19-26)14-12-28-17-32(46-37(42)24(5)6)21-33(18-28)47-38(43)25(7)8/h9-10,12,14-21,25-26,29,35,40H,1,3,5,11,13H2,2,4,6-8H3/b10-9+,14-12+/t26?,29?,35-/m0/s1.